The van der Waals surface area contributed by atoms with Gasteiger partial charge in [0.15, 0.2) is 12.4 Å². The Morgan fingerprint density at radius 2 is 2.11 bits per heavy atom. The van der Waals surface area contributed by atoms with Gasteiger partial charge in [0, 0.05) is 17.5 Å². The van der Waals surface area contributed by atoms with Crippen molar-refractivity contribution in [1.82, 2.24) is 5.32 Å². The summed E-state index contributed by atoms with van der Waals surface area (Å²) in [6.07, 6.45) is 2.06. The van der Waals surface area contributed by atoms with E-state index in [9.17, 15) is 14.4 Å². The molecular weight excluding hydrogens is 248 g/mol. The zero-order chi connectivity index (χ0) is 13.8. The number of primary amides is 1. The molecule has 0 aromatic heterocycles. The number of amides is 3. The van der Waals surface area contributed by atoms with Crippen LogP contribution in [0.5, 0.6) is 5.75 Å². The predicted molar refractivity (Wildman–Crippen MR) is 66.9 cm³/mol. The van der Waals surface area contributed by atoms with Crippen LogP contribution in [0.3, 0.4) is 0 Å². The Hall–Kier alpha value is -2.37. The molecule has 0 aliphatic heterocycles. The van der Waals surface area contributed by atoms with Gasteiger partial charge in [0.05, 0.1) is 0 Å². The van der Waals surface area contributed by atoms with Gasteiger partial charge >= 0.3 is 6.03 Å². The molecule has 3 amide bonds. The maximum atomic E-state index is 11.7. The summed E-state index contributed by atoms with van der Waals surface area (Å²) in [7, 11) is 0. The van der Waals surface area contributed by atoms with Gasteiger partial charge in [0.25, 0.3) is 5.91 Å². The Labute approximate surface area is 109 Å². The number of rotatable bonds is 3. The van der Waals surface area contributed by atoms with Gasteiger partial charge in [-0.1, -0.05) is 12.1 Å². The number of hydrogen-bond acceptors (Lipinski definition) is 4. The van der Waals surface area contributed by atoms with E-state index in [0.29, 0.717) is 17.7 Å². The smallest absolute Gasteiger partial charge is 0.318 e. The van der Waals surface area contributed by atoms with Crippen molar-refractivity contribution in [3.8, 4) is 5.75 Å². The van der Waals surface area contributed by atoms with E-state index in [1.165, 1.54) is 0 Å². The number of benzene rings is 1. The molecule has 0 saturated heterocycles. The van der Waals surface area contributed by atoms with Gasteiger partial charge in [-0.3, -0.25) is 14.9 Å². The number of ketones is 1. The summed E-state index contributed by atoms with van der Waals surface area (Å²) in [5.74, 6) is -0.0225. The van der Waals surface area contributed by atoms with Crippen LogP contribution in [0, 0.1) is 0 Å². The molecule has 6 heteroatoms. The lowest BCUT2D eigenvalue weighted by atomic mass is 9.90. The lowest BCUT2D eigenvalue weighted by Crippen LogP contribution is -2.38. The number of hydrogen-bond donors (Lipinski definition) is 2. The van der Waals surface area contributed by atoms with Crippen LogP contribution in [0.1, 0.15) is 28.8 Å². The third-order valence-corrected chi connectivity index (χ3v) is 2.89. The van der Waals surface area contributed by atoms with E-state index in [2.05, 4.69) is 0 Å². The fourth-order valence-corrected chi connectivity index (χ4v) is 2.10. The van der Waals surface area contributed by atoms with Crippen LogP contribution in [-0.2, 0) is 11.2 Å². The Kier molecular flexibility index (Phi) is 3.79. The second-order valence-electron chi connectivity index (χ2n) is 4.26. The van der Waals surface area contributed by atoms with E-state index in [0.717, 1.165) is 18.4 Å². The van der Waals surface area contributed by atoms with Gasteiger partial charge in [-0.15, -0.1) is 0 Å². The Bertz CT molecular complexity index is 539. The van der Waals surface area contributed by atoms with Crippen LogP contribution >= 0.6 is 0 Å². The first-order chi connectivity index (χ1) is 9.08. The first-order valence-electron chi connectivity index (χ1n) is 5.95. The molecule has 0 heterocycles. The summed E-state index contributed by atoms with van der Waals surface area (Å²) in [6.45, 7) is -0.312. The zero-order valence-electron chi connectivity index (χ0n) is 10.3. The number of nitrogens with two attached hydrogens (primary N) is 1. The van der Waals surface area contributed by atoms with Crippen molar-refractivity contribution in [2.45, 2.75) is 19.3 Å². The molecule has 6 nitrogen and oxygen atoms in total. The maximum absolute atomic E-state index is 11.7. The molecular formula is C13H14N2O4. The molecule has 3 N–H and O–H groups in total. The molecule has 0 radical (unpaired) electrons. The summed E-state index contributed by atoms with van der Waals surface area (Å²) in [5, 5.41) is 1.91. The third kappa shape index (κ3) is 3.09. The Morgan fingerprint density at radius 3 is 2.84 bits per heavy atom. The van der Waals surface area contributed by atoms with Gasteiger partial charge in [0.1, 0.15) is 5.75 Å². The first kappa shape index (κ1) is 13.1. The molecule has 100 valence electrons. The van der Waals surface area contributed by atoms with Crippen molar-refractivity contribution in [1.29, 1.82) is 0 Å². The monoisotopic (exact) mass is 262 g/mol. The summed E-state index contributed by atoms with van der Waals surface area (Å²) in [5.41, 5.74) is 6.30. The fourth-order valence-electron chi connectivity index (χ4n) is 2.10. The summed E-state index contributed by atoms with van der Waals surface area (Å²) < 4.78 is 5.34. The molecule has 0 atom stereocenters. The molecule has 1 aromatic rings. The van der Waals surface area contributed by atoms with Crippen LogP contribution in [-0.4, -0.2) is 24.3 Å². The standard InChI is InChI=1S/C13H14N2O4/c14-13(18)15-12(17)7-19-11-6-2-3-8-9(11)4-1-5-10(8)16/h2-3,6H,1,4-5,7H2,(H3,14,15,17,18). The van der Waals surface area contributed by atoms with Crippen molar-refractivity contribution in [3.05, 3.63) is 29.3 Å². The van der Waals surface area contributed by atoms with E-state index in [-0.39, 0.29) is 12.4 Å². The molecule has 0 bridgehead atoms. The minimum absolute atomic E-state index is 0.0910. The van der Waals surface area contributed by atoms with Crippen molar-refractivity contribution >= 4 is 17.7 Å². The van der Waals surface area contributed by atoms with Crippen molar-refractivity contribution in [2.75, 3.05) is 6.61 Å². The Morgan fingerprint density at radius 1 is 1.32 bits per heavy atom. The highest BCUT2D eigenvalue weighted by molar-refractivity contribution is 5.99. The topological polar surface area (TPSA) is 98.5 Å². The minimum Gasteiger partial charge on any atom is -0.483 e. The maximum Gasteiger partial charge on any atom is 0.318 e. The second-order valence-corrected chi connectivity index (χ2v) is 4.26. The summed E-state index contributed by atoms with van der Waals surface area (Å²) in [6, 6.07) is 4.25. The predicted octanol–water partition coefficient (Wildman–Crippen LogP) is 0.779. The quantitative estimate of drug-likeness (QED) is 0.840. The SMILES string of the molecule is NC(=O)NC(=O)COc1cccc2c1CCCC2=O. The van der Waals surface area contributed by atoms with Gasteiger partial charge in [-0.2, -0.15) is 0 Å². The number of Topliss-reactive ketones (excluding diaryl/α,β-unsaturated/α-hetero) is 1. The average molecular weight is 262 g/mol. The van der Waals surface area contributed by atoms with Crippen LogP contribution in [0.15, 0.2) is 18.2 Å². The van der Waals surface area contributed by atoms with E-state index < -0.39 is 11.9 Å². The van der Waals surface area contributed by atoms with Gasteiger partial charge in [0.2, 0.25) is 0 Å². The van der Waals surface area contributed by atoms with Crippen LogP contribution < -0.4 is 15.8 Å². The molecule has 1 aliphatic carbocycles. The highest BCUT2D eigenvalue weighted by Crippen LogP contribution is 2.29. The lowest BCUT2D eigenvalue weighted by molar-refractivity contribution is -0.121. The van der Waals surface area contributed by atoms with E-state index >= 15 is 0 Å². The molecule has 1 aromatic carbocycles. The van der Waals surface area contributed by atoms with Crippen molar-refractivity contribution < 1.29 is 19.1 Å². The van der Waals surface area contributed by atoms with Crippen LogP contribution in [0.2, 0.25) is 0 Å². The number of carbonyl (C=O) groups is 3. The molecule has 0 spiro atoms. The normalized spacial score (nSPS) is 13.6. The van der Waals surface area contributed by atoms with Crippen molar-refractivity contribution in [2.24, 2.45) is 5.73 Å². The van der Waals surface area contributed by atoms with Gasteiger partial charge in [-0.05, 0) is 18.9 Å². The number of imide groups is 1. The second kappa shape index (κ2) is 5.51. The number of fused-ring (bicyclic) bond motifs is 1. The van der Waals surface area contributed by atoms with Crippen molar-refractivity contribution in [3.63, 3.8) is 0 Å². The minimum atomic E-state index is -0.918. The number of ether oxygens (including phenoxy) is 1. The summed E-state index contributed by atoms with van der Waals surface area (Å²) >= 11 is 0. The number of carbonyl (C=O) groups excluding carboxylic acids is 3. The number of nitrogens with one attached hydrogen (secondary N) is 1. The summed E-state index contributed by atoms with van der Waals surface area (Å²) in [4.78, 5) is 33.5. The van der Waals surface area contributed by atoms with E-state index in [4.69, 9.17) is 10.5 Å². The van der Waals surface area contributed by atoms with Gasteiger partial charge < -0.3 is 10.5 Å². The molecule has 1 aliphatic rings. The third-order valence-electron chi connectivity index (χ3n) is 2.89. The number of urea groups is 1. The zero-order valence-corrected chi connectivity index (χ0v) is 10.3. The largest absolute Gasteiger partial charge is 0.483 e. The molecule has 2 rings (SSSR count). The fraction of sp³-hybridized carbons (Fsp3) is 0.308. The Balaban J connectivity index is 2.09. The van der Waals surface area contributed by atoms with Gasteiger partial charge in [-0.25, -0.2) is 4.79 Å². The molecule has 19 heavy (non-hydrogen) atoms. The van der Waals surface area contributed by atoms with Crippen LogP contribution in [0.4, 0.5) is 4.79 Å². The highest BCUT2D eigenvalue weighted by atomic mass is 16.5. The first-order valence-corrected chi connectivity index (χ1v) is 5.95. The van der Waals surface area contributed by atoms with Crippen LogP contribution in [0.25, 0.3) is 0 Å². The van der Waals surface area contributed by atoms with E-state index in [1.807, 2.05) is 5.32 Å². The van der Waals surface area contributed by atoms with E-state index in [1.54, 1.807) is 18.2 Å². The average Bonchev–Trinajstić information content (AvgIpc) is 2.36. The molecule has 0 fully saturated rings. The lowest BCUT2D eigenvalue weighted by Gasteiger charge is -2.18. The highest BCUT2D eigenvalue weighted by Gasteiger charge is 2.20. The molecule has 0 unspecified atom stereocenters. The molecule has 0 saturated carbocycles.